The van der Waals surface area contributed by atoms with Crippen molar-refractivity contribution >= 4 is 16.8 Å². The highest BCUT2D eigenvalue weighted by molar-refractivity contribution is 5.84. The molecule has 2 aromatic rings. The van der Waals surface area contributed by atoms with Gasteiger partial charge in [0, 0.05) is 48.7 Å². The van der Waals surface area contributed by atoms with E-state index in [4.69, 9.17) is 4.74 Å². The van der Waals surface area contributed by atoms with E-state index < -0.39 is 0 Å². The highest BCUT2D eigenvalue weighted by Crippen LogP contribution is 2.42. The fraction of sp³-hybridized carbons (Fsp3) is 0.667. The lowest BCUT2D eigenvalue weighted by atomic mass is 9.69. The van der Waals surface area contributed by atoms with Gasteiger partial charge in [-0.15, -0.1) is 0 Å². The molecule has 3 saturated heterocycles. The molecule has 4 atom stereocenters. The average molecular weight is 453 g/mol. The summed E-state index contributed by atoms with van der Waals surface area (Å²) in [5, 5.41) is 4.32. The smallest absolute Gasteiger partial charge is 0.220 e. The van der Waals surface area contributed by atoms with Gasteiger partial charge in [0.1, 0.15) is 5.75 Å². The summed E-state index contributed by atoms with van der Waals surface area (Å²) in [4.78, 5) is 21.3. The Morgan fingerprint density at radius 2 is 2.09 bits per heavy atom. The Kier molecular flexibility index (Phi) is 6.93. The van der Waals surface area contributed by atoms with Gasteiger partial charge >= 0.3 is 0 Å². The van der Waals surface area contributed by atoms with Crippen LogP contribution in [0.1, 0.15) is 50.5 Å². The zero-order valence-corrected chi connectivity index (χ0v) is 20.3. The number of aromatic amines is 1. The van der Waals surface area contributed by atoms with Crippen molar-refractivity contribution in [2.75, 3.05) is 40.3 Å². The standard InChI is InChI=1S/C27H40N4O2/c1-30-18-20-6-4-14-31-15-5-7-22(27(20)31)25(30)8-3-9-26(32)28-13-12-19-17-29-24-11-10-21(33-2)16-23(19)24/h10-11,16-17,20,22,25,27,29H,3-9,12-15,18H2,1-2H3,(H,28,32)/t20-,22+,25+,27-/m0/s1. The van der Waals surface area contributed by atoms with Crippen LogP contribution in [0.25, 0.3) is 10.9 Å². The van der Waals surface area contributed by atoms with Crippen LogP contribution in [0.3, 0.4) is 0 Å². The monoisotopic (exact) mass is 452 g/mol. The molecule has 0 aliphatic carbocycles. The van der Waals surface area contributed by atoms with Crippen LogP contribution < -0.4 is 10.1 Å². The second-order valence-corrected chi connectivity index (χ2v) is 10.5. The predicted molar refractivity (Wildman–Crippen MR) is 133 cm³/mol. The molecular formula is C27H40N4O2. The number of ether oxygens (including phenoxy) is 1. The molecule has 0 bridgehead atoms. The summed E-state index contributed by atoms with van der Waals surface area (Å²) in [6.07, 6.45) is 11.1. The first kappa shape index (κ1) is 22.7. The molecule has 3 fully saturated rings. The first-order valence-corrected chi connectivity index (χ1v) is 13.0. The minimum absolute atomic E-state index is 0.187. The van der Waals surface area contributed by atoms with Crippen LogP contribution in [0.5, 0.6) is 5.75 Å². The van der Waals surface area contributed by atoms with Crippen molar-refractivity contribution in [3.05, 3.63) is 30.0 Å². The van der Waals surface area contributed by atoms with Gasteiger partial charge in [0.05, 0.1) is 7.11 Å². The van der Waals surface area contributed by atoms with Crippen LogP contribution in [-0.2, 0) is 11.2 Å². The second-order valence-electron chi connectivity index (χ2n) is 10.5. The highest BCUT2D eigenvalue weighted by atomic mass is 16.5. The van der Waals surface area contributed by atoms with E-state index in [0.717, 1.165) is 48.4 Å². The highest BCUT2D eigenvalue weighted by Gasteiger charge is 2.47. The number of methoxy groups -OCH3 is 1. The summed E-state index contributed by atoms with van der Waals surface area (Å²) < 4.78 is 5.36. The lowest BCUT2D eigenvalue weighted by molar-refractivity contribution is -0.121. The van der Waals surface area contributed by atoms with Gasteiger partial charge in [0.2, 0.25) is 5.91 Å². The van der Waals surface area contributed by atoms with E-state index in [1.807, 2.05) is 18.3 Å². The molecule has 5 rings (SSSR count). The number of carbonyl (C=O) groups excluding carboxylic acids is 1. The minimum Gasteiger partial charge on any atom is -0.497 e. The van der Waals surface area contributed by atoms with Gasteiger partial charge in [0.25, 0.3) is 0 Å². The molecule has 0 spiro atoms. The van der Waals surface area contributed by atoms with Gasteiger partial charge in [-0.3, -0.25) is 9.69 Å². The van der Waals surface area contributed by atoms with Crippen LogP contribution in [0.15, 0.2) is 24.4 Å². The van der Waals surface area contributed by atoms with Gasteiger partial charge < -0.3 is 19.9 Å². The van der Waals surface area contributed by atoms with E-state index in [1.54, 1.807) is 7.11 Å². The SMILES string of the molecule is COc1ccc2[nH]cc(CCNC(=O)CCC[C@@H]3[C@H]4CCCN5CCC[C@@H](CN3C)[C@@H]45)c2c1. The molecule has 1 aromatic carbocycles. The summed E-state index contributed by atoms with van der Waals surface area (Å²) in [7, 11) is 4.02. The van der Waals surface area contributed by atoms with Crippen LogP contribution in [0, 0.1) is 11.8 Å². The lowest BCUT2D eigenvalue weighted by Crippen LogP contribution is -2.63. The Hall–Kier alpha value is -2.05. The average Bonchev–Trinajstić information content (AvgIpc) is 3.23. The Morgan fingerprint density at radius 1 is 1.24 bits per heavy atom. The summed E-state index contributed by atoms with van der Waals surface area (Å²) in [6.45, 7) is 4.52. The number of nitrogens with zero attached hydrogens (tertiary/aromatic N) is 2. The van der Waals surface area contributed by atoms with E-state index in [9.17, 15) is 4.79 Å². The number of hydrogen-bond donors (Lipinski definition) is 2. The molecule has 0 saturated carbocycles. The lowest BCUT2D eigenvalue weighted by Gasteiger charge is -2.57. The normalized spacial score (nSPS) is 27.9. The number of fused-ring (bicyclic) bond motifs is 1. The second kappa shape index (κ2) is 10.1. The number of benzene rings is 1. The zero-order valence-electron chi connectivity index (χ0n) is 20.3. The van der Waals surface area contributed by atoms with E-state index >= 15 is 0 Å². The fourth-order valence-electron chi connectivity index (χ4n) is 7.03. The van der Waals surface area contributed by atoms with Gasteiger partial charge in [0.15, 0.2) is 0 Å². The van der Waals surface area contributed by atoms with Gasteiger partial charge in [-0.2, -0.15) is 0 Å². The van der Waals surface area contributed by atoms with Crippen LogP contribution in [0.4, 0.5) is 0 Å². The maximum Gasteiger partial charge on any atom is 0.220 e. The van der Waals surface area contributed by atoms with Crippen molar-refractivity contribution in [2.45, 2.75) is 63.5 Å². The van der Waals surface area contributed by atoms with Crippen molar-refractivity contribution < 1.29 is 9.53 Å². The Balaban J connectivity index is 1.09. The minimum atomic E-state index is 0.187. The van der Waals surface area contributed by atoms with E-state index in [0.29, 0.717) is 19.0 Å². The summed E-state index contributed by atoms with van der Waals surface area (Å²) in [5.41, 5.74) is 2.33. The summed E-state index contributed by atoms with van der Waals surface area (Å²) >= 11 is 0. The molecule has 180 valence electrons. The molecule has 3 aliphatic rings. The molecule has 0 radical (unpaired) electrons. The first-order valence-electron chi connectivity index (χ1n) is 13.0. The first-order chi connectivity index (χ1) is 16.1. The number of carbonyl (C=O) groups is 1. The third kappa shape index (κ3) is 4.78. The molecule has 1 aromatic heterocycles. The number of piperidine rings is 3. The van der Waals surface area contributed by atoms with Crippen molar-refractivity contribution in [2.24, 2.45) is 11.8 Å². The van der Waals surface area contributed by atoms with Crippen LogP contribution in [0.2, 0.25) is 0 Å². The molecule has 1 amide bonds. The van der Waals surface area contributed by atoms with Crippen molar-refractivity contribution in [1.82, 2.24) is 20.1 Å². The molecular weight excluding hydrogens is 412 g/mol. The summed E-state index contributed by atoms with van der Waals surface area (Å²) in [6, 6.07) is 7.51. The maximum atomic E-state index is 12.5. The molecule has 6 heteroatoms. The number of nitrogens with one attached hydrogen (secondary N) is 2. The molecule has 33 heavy (non-hydrogen) atoms. The number of aromatic nitrogens is 1. The van der Waals surface area contributed by atoms with E-state index in [1.165, 1.54) is 56.3 Å². The van der Waals surface area contributed by atoms with E-state index in [-0.39, 0.29) is 5.91 Å². The molecule has 3 aliphatic heterocycles. The van der Waals surface area contributed by atoms with Crippen LogP contribution in [-0.4, -0.2) is 73.1 Å². The number of rotatable bonds is 8. The Bertz CT molecular complexity index is 955. The molecule has 4 heterocycles. The zero-order chi connectivity index (χ0) is 22.8. The third-order valence-electron chi connectivity index (χ3n) is 8.52. The van der Waals surface area contributed by atoms with Crippen molar-refractivity contribution in [3.8, 4) is 5.75 Å². The predicted octanol–water partition coefficient (Wildman–Crippen LogP) is 3.81. The fourth-order valence-corrected chi connectivity index (χ4v) is 7.03. The third-order valence-corrected chi connectivity index (χ3v) is 8.52. The number of hydrogen-bond acceptors (Lipinski definition) is 4. The summed E-state index contributed by atoms with van der Waals surface area (Å²) in [5.74, 6) is 2.70. The van der Waals surface area contributed by atoms with E-state index in [2.05, 4.69) is 33.2 Å². The van der Waals surface area contributed by atoms with Crippen molar-refractivity contribution in [3.63, 3.8) is 0 Å². The Morgan fingerprint density at radius 3 is 2.94 bits per heavy atom. The number of amides is 1. The van der Waals surface area contributed by atoms with Gasteiger partial charge in [-0.25, -0.2) is 0 Å². The number of H-pyrrole nitrogens is 1. The number of likely N-dealkylation sites (tertiary alicyclic amines) is 1. The molecule has 2 N–H and O–H groups in total. The van der Waals surface area contributed by atoms with Gasteiger partial charge in [-0.05, 0) is 101 Å². The molecule has 0 unspecified atom stereocenters. The maximum absolute atomic E-state index is 12.5. The topological polar surface area (TPSA) is 60.6 Å². The Labute approximate surface area is 198 Å². The molecule has 6 nitrogen and oxygen atoms in total. The largest absolute Gasteiger partial charge is 0.497 e. The quantitative estimate of drug-likeness (QED) is 0.639. The van der Waals surface area contributed by atoms with Crippen LogP contribution >= 0.6 is 0 Å². The van der Waals surface area contributed by atoms with Gasteiger partial charge in [-0.1, -0.05) is 0 Å². The van der Waals surface area contributed by atoms with Crippen molar-refractivity contribution in [1.29, 1.82) is 0 Å².